The number of fused-ring (bicyclic) bond motifs is 1. The lowest BCUT2D eigenvalue weighted by Crippen LogP contribution is -2.33. The van der Waals surface area contributed by atoms with Gasteiger partial charge < -0.3 is 9.64 Å². The third-order valence-electron chi connectivity index (χ3n) is 4.41. The monoisotopic (exact) mass is 419 g/mol. The average molecular weight is 420 g/mol. The van der Waals surface area contributed by atoms with E-state index < -0.39 is 0 Å². The largest absolute Gasteiger partial charge is 0.497 e. The van der Waals surface area contributed by atoms with Crippen molar-refractivity contribution in [2.45, 2.75) is 13.3 Å². The highest BCUT2D eigenvalue weighted by Gasteiger charge is 2.21. The van der Waals surface area contributed by atoms with Crippen molar-refractivity contribution in [3.05, 3.63) is 53.6 Å². The van der Waals surface area contributed by atoms with Gasteiger partial charge >= 0.3 is 0 Å². The molecular formula is C21H26ClN3O2S. The van der Waals surface area contributed by atoms with Gasteiger partial charge in [0.2, 0.25) is 0 Å². The number of rotatable bonds is 7. The van der Waals surface area contributed by atoms with Gasteiger partial charge in [-0.15, -0.1) is 12.4 Å². The van der Waals surface area contributed by atoms with Crippen molar-refractivity contribution >= 4 is 45.0 Å². The molecular weight excluding hydrogens is 394 g/mol. The molecule has 0 fully saturated rings. The van der Waals surface area contributed by atoms with E-state index in [0.717, 1.165) is 39.6 Å². The number of aromatic nitrogens is 1. The van der Waals surface area contributed by atoms with Crippen LogP contribution >= 0.6 is 23.7 Å². The van der Waals surface area contributed by atoms with Crippen LogP contribution in [0.3, 0.4) is 0 Å². The second-order valence-corrected chi connectivity index (χ2v) is 7.77. The van der Waals surface area contributed by atoms with Gasteiger partial charge in [0, 0.05) is 12.1 Å². The van der Waals surface area contributed by atoms with E-state index in [1.807, 2.05) is 45.3 Å². The van der Waals surface area contributed by atoms with Crippen LogP contribution in [0.25, 0.3) is 10.2 Å². The number of carbonyl (C=O) groups excluding carboxylic acids is 1. The number of amides is 1. The minimum Gasteiger partial charge on any atom is -0.497 e. The van der Waals surface area contributed by atoms with Crippen LogP contribution in [-0.2, 0) is 0 Å². The van der Waals surface area contributed by atoms with E-state index in [0.29, 0.717) is 12.1 Å². The lowest BCUT2D eigenvalue weighted by molar-refractivity contribution is 0.0986. The number of benzene rings is 2. The summed E-state index contributed by atoms with van der Waals surface area (Å²) in [6, 6.07) is 13.4. The molecule has 0 atom stereocenters. The molecule has 28 heavy (non-hydrogen) atoms. The van der Waals surface area contributed by atoms with Crippen molar-refractivity contribution in [3.8, 4) is 5.75 Å². The van der Waals surface area contributed by atoms with Crippen LogP contribution in [0.5, 0.6) is 5.75 Å². The van der Waals surface area contributed by atoms with E-state index in [2.05, 4.69) is 11.0 Å². The summed E-state index contributed by atoms with van der Waals surface area (Å²) in [7, 11) is 5.70. The normalized spacial score (nSPS) is 10.8. The lowest BCUT2D eigenvalue weighted by atomic mass is 10.2. The number of ether oxygens (including phenoxy) is 1. The molecule has 1 aromatic heterocycles. The van der Waals surface area contributed by atoms with Crippen LogP contribution in [0, 0.1) is 6.92 Å². The summed E-state index contributed by atoms with van der Waals surface area (Å²) < 4.78 is 6.30. The SMILES string of the molecule is COc1ccc(C(=O)N(CCCN(C)C)c2nc3c(C)cccc3s2)cc1.Cl. The Balaban J connectivity index is 0.00000280. The van der Waals surface area contributed by atoms with Crippen LogP contribution in [0.4, 0.5) is 5.13 Å². The van der Waals surface area contributed by atoms with Crippen LogP contribution < -0.4 is 9.64 Å². The molecule has 0 spiro atoms. The van der Waals surface area contributed by atoms with Gasteiger partial charge in [-0.2, -0.15) is 0 Å². The zero-order chi connectivity index (χ0) is 19.4. The van der Waals surface area contributed by atoms with Crippen LogP contribution in [-0.4, -0.2) is 50.1 Å². The van der Waals surface area contributed by atoms with Crippen molar-refractivity contribution < 1.29 is 9.53 Å². The van der Waals surface area contributed by atoms with E-state index in [4.69, 9.17) is 9.72 Å². The standard InChI is InChI=1S/C21H25N3O2S.ClH/c1-15-7-5-8-18-19(15)22-21(27-18)24(14-6-13-23(2)3)20(25)16-9-11-17(26-4)12-10-16;/h5,7-12H,6,13-14H2,1-4H3;1H. The van der Waals surface area contributed by atoms with Gasteiger partial charge in [0.25, 0.3) is 5.91 Å². The molecule has 0 bridgehead atoms. The van der Waals surface area contributed by atoms with Gasteiger partial charge in [-0.05, 0) is 69.9 Å². The highest BCUT2D eigenvalue weighted by atomic mass is 35.5. The minimum absolute atomic E-state index is 0. The minimum atomic E-state index is -0.0341. The van der Waals surface area contributed by atoms with Crippen molar-refractivity contribution in [2.24, 2.45) is 0 Å². The Labute approximate surface area is 176 Å². The third-order valence-corrected chi connectivity index (χ3v) is 5.45. The topological polar surface area (TPSA) is 45.7 Å². The van der Waals surface area contributed by atoms with Crippen molar-refractivity contribution in [1.82, 2.24) is 9.88 Å². The van der Waals surface area contributed by atoms with E-state index in [9.17, 15) is 4.79 Å². The summed E-state index contributed by atoms with van der Waals surface area (Å²) in [5.74, 6) is 0.703. The fourth-order valence-electron chi connectivity index (χ4n) is 2.91. The maximum Gasteiger partial charge on any atom is 0.260 e. The number of carbonyl (C=O) groups is 1. The molecule has 0 aliphatic rings. The van der Waals surface area contributed by atoms with Crippen molar-refractivity contribution in [3.63, 3.8) is 0 Å². The second kappa shape index (κ2) is 9.87. The summed E-state index contributed by atoms with van der Waals surface area (Å²) in [6.45, 7) is 3.59. The Morgan fingerprint density at radius 3 is 2.43 bits per heavy atom. The number of nitrogens with zero attached hydrogens (tertiary/aromatic N) is 3. The molecule has 7 heteroatoms. The van der Waals surface area contributed by atoms with Crippen molar-refractivity contribution in [2.75, 3.05) is 39.2 Å². The molecule has 1 amide bonds. The number of thiazole rings is 1. The molecule has 0 radical (unpaired) electrons. The maximum absolute atomic E-state index is 13.2. The van der Waals surface area contributed by atoms with E-state index in [1.54, 1.807) is 35.5 Å². The molecule has 0 N–H and O–H groups in total. The first-order valence-corrected chi connectivity index (χ1v) is 9.78. The Kier molecular flexibility index (Phi) is 7.80. The zero-order valence-electron chi connectivity index (χ0n) is 16.6. The van der Waals surface area contributed by atoms with Gasteiger partial charge in [0.05, 0.1) is 17.3 Å². The quantitative estimate of drug-likeness (QED) is 0.560. The van der Waals surface area contributed by atoms with Gasteiger partial charge in [-0.1, -0.05) is 23.5 Å². The predicted molar refractivity (Wildman–Crippen MR) is 119 cm³/mol. The summed E-state index contributed by atoms with van der Waals surface area (Å²) in [4.78, 5) is 21.9. The van der Waals surface area contributed by atoms with Gasteiger partial charge in [-0.25, -0.2) is 4.98 Å². The van der Waals surface area contributed by atoms with Crippen LogP contribution in [0.2, 0.25) is 0 Å². The summed E-state index contributed by atoms with van der Waals surface area (Å²) >= 11 is 1.56. The number of hydrogen-bond acceptors (Lipinski definition) is 5. The molecule has 1 heterocycles. The molecule has 0 aliphatic heterocycles. The van der Waals surface area contributed by atoms with E-state index in [-0.39, 0.29) is 18.3 Å². The molecule has 3 aromatic rings. The first kappa shape index (κ1) is 22.1. The first-order valence-electron chi connectivity index (χ1n) is 8.96. The summed E-state index contributed by atoms with van der Waals surface area (Å²) in [5.41, 5.74) is 2.73. The highest BCUT2D eigenvalue weighted by Crippen LogP contribution is 2.31. The molecule has 2 aromatic carbocycles. The summed E-state index contributed by atoms with van der Waals surface area (Å²) in [6.07, 6.45) is 0.879. The Morgan fingerprint density at radius 1 is 1.11 bits per heavy atom. The number of halogens is 1. The Morgan fingerprint density at radius 2 is 1.82 bits per heavy atom. The molecule has 0 aliphatic carbocycles. The molecule has 0 saturated carbocycles. The number of hydrogen-bond donors (Lipinski definition) is 0. The third kappa shape index (κ3) is 5.01. The zero-order valence-corrected chi connectivity index (χ0v) is 18.3. The molecule has 3 rings (SSSR count). The number of aryl methyl sites for hydroxylation is 1. The highest BCUT2D eigenvalue weighted by molar-refractivity contribution is 7.22. The average Bonchev–Trinajstić information content (AvgIpc) is 3.10. The maximum atomic E-state index is 13.2. The van der Waals surface area contributed by atoms with Crippen LogP contribution in [0.15, 0.2) is 42.5 Å². The predicted octanol–water partition coefficient (Wildman–Crippen LogP) is 4.63. The molecule has 5 nitrogen and oxygen atoms in total. The Bertz CT molecular complexity index is 925. The molecule has 0 saturated heterocycles. The van der Waals surface area contributed by atoms with Crippen LogP contribution in [0.1, 0.15) is 22.3 Å². The number of methoxy groups -OCH3 is 1. The second-order valence-electron chi connectivity index (χ2n) is 6.76. The smallest absolute Gasteiger partial charge is 0.260 e. The Hall–Kier alpha value is -2.15. The fourth-order valence-corrected chi connectivity index (χ4v) is 3.98. The number of anilines is 1. The molecule has 0 unspecified atom stereocenters. The first-order chi connectivity index (χ1) is 13.0. The van der Waals surface area contributed by atoms with Gasteiger partial charge in [-0.3, -0.25) is 9.69 Å². The van der Waals surface area contributed by atoms with Crippen molar-refractivity contribution in [1.29, 1.82) is 0 Å². The fraction of sp³-hybridized carbons (Fsp3) is 0.333. The van der Waals surface area contributed by atoms with E-state index >= 15 is 0 Å². The van der Waals surface area contributed by atoms with Gasteiger partial charge in [0.1, 0.15) is 5.75 Å². The summed E-state index contributed by atoms with van der Waals surface area (Å²) in [5, 5.41) is 0.749. The van der Waals surface area contributed by atoms with E-state index in [1.165, 1.54) is 0 Å². The number of para-hydroxylation sites is 1. The molecule has 150 valence electrons. The lowest BCUT2D eigenvalue weighted by Gasteiger charge is -2.21. The van der Waals surface area contributed by atoms with Gasteiger partial charge in [0.15, 0.2) is 5.13 Å².